The highest BCUT2D eigenvalue weighted by Crippen LogP contribution is 2.19. The van der Waals surface area contributed by atoms with E-state index in [1.165, 1.54) is 6.07 Å². The van der Waals surface area contributed by atoms with E-state index in [4.69, 9.17) is 5.73 Å². The molecular weight excluding hydrogens is 235 g/mol. The maximum atomic E-state index is 13.0. The van der Waals surface area contributed by atoms with E-state index < -0.39 is 0 Å². The van der Waals surface area contributed by atoms with Gasteiger partial charge in [0.1, 0.15) is 5.82 Å². The van der Waals surface area contributed by atoms with E-state index in [-0.39, 0.29) is 11.9 Å². The third-order valence-corrected chi connectivity index (χ3v) is 2.33. The van der Waals surface area contributed by atoms with Crippen LogP contribution in [0.2, 0.25) is 0 Å². The predicted octanol–water partition coefficient (Wildman–Crippen LogP) is 2.35. The van der Waals surface area contributed by atoms with Crippen molar-refractivity contribution in [3.8, 4) is 0 Å². The van der Waals surface area contributed by atoms with Gasteiger partial charge in [-0.25, -0.2) is 4.39 Å². The first-order valence-electron chi connectivity index (χ1n) is 4.05. The van der Waals surface area contributed by atoms with Crippen molar-refractivity contribution in [2.75, 3.05) is 11.9 Å². The van der Waals surface area contributed by atoms with Crippen LogP contribution >= 0.6 is 15.9 Å². The first kappa shape index (κ1) is 10.5. The molecule has 0 aliphatic carbocycles. The summed E-state index contributed by atoms with van der Waals surface area (Å²) in [6.07, 6.45) is 0. The molecule has 0 spiro atoms. The molecule has 2 nitrogen and oxygen atoms in total. The minimum Gasteiger partial charge on any atom is -0.381 e. The number of anilines is 1. The summed E-state index contributed by atoms with van der Waals surface area (Å²) in [5.41, 5.74) is 6.17. The van der Waals surface area contributed by atoms with Gasteiger partial charge >= 0.3 is 0 Å². The molecule has 0 saturated heterocycles. The van der Waals surface area contributed by atoms with Gasteiger partial charge in [0.25, 0.3) is 0 Å². The van der Waals surface area contributed by atoms with Crippen molar-refractivity contribution in [2.24, 2.45) is 5.73 Å². The highest BCUT2D eigenvalue weighted by atomic mass is 79.9. The molecule has 0 radical (unpaired) electrons. The lowest BCUT2D eigenvalue weighted by atomic mass is 10.2. The lowest BCUT2D eigenvalue weighted by Crippen LogP contribution is -2.25. The number of hydrogen-bond acceptors (Lipinski definition) is 2. The maximum Gasteiger partial charge on any atom is 0.139 e. The SMILES string of the molecule is CC(CN)Nc1ccc(Br)c(F)c1. The smallest absolute Gasteiger partial charge is 0.139 e. The second-order valence-electron chi connectivity index (χ2n) is 2.91. The molecule has 1 rings (SSSR count). The topological polar surface area (TPSA) is 38.0 Å². The molecular formula is C9H12BrFN2. The molecule has 0 amide bonds. The van der Waals surface area contributed by atoms with Gasteiger partial charge in [0.2, 0.25) is 0 Å². The van der Waals surface area contributed by atoms with E-state index >= 15 is 0 Å². The number of hydrogen-bond donors (Lipinski definition) is 2. The first-order valence-corrected chi connectivity index (χ1v) is 4.84. The van der Waals surface area contributed by atoms with Crippen molar-refractivity contribution >= 4 is 21.6 Å². The van der Waals surface area contributed by atoms with Gasteiger partial charge in [0.15, 0.2) is 0 Å². The van der Waals surface area contributed by atoms with Gasteiger partial charge < -0.3 is 11.1 Å². The minimum absolute atomic E-state index is 0.153. The Morgan fingerprint density at radius 2 is 2.31 bits per heavy atom. The van der Waals surface area contributed by atoms with E-state index in [2.05, 4.69) is 21.2 Å². The Balaban J connectivity index is 2.73. The Morgan fingerprint density at radius 3 is 2.85 bits per heavy atom. The molecule has 0 fully saturated rings. The Labute approximate surface area is 85.4 Å². The van der Waals surface area contributed by atoms with E-state index in [1.807, 2.05) is 6.92 Å². The van der Waals surface area contributed by atoms with Crippen molar-refractivity contribution < 1.29 is 4.39 Å². The van der Waals surface area contributed by atoms with E-state index in [9.17, 15) is 4.39 Å². The van der Waals surface area contributed by atoms with Gasteiger partial charge in [-0.2, -0.15) is 0 Å². The van der Waals surface area contributed by atoms with Crippen LogP contribution in [0.5, 0.6) is 0 Å². The van der Waals surface area contributed by atoms with Crippen LogP contribution in [0.4, 0.5) is 10.1 Å². The van der Waals surface area contributed by atoms with Crippen molar-refractivity contribution in [1.82, 2.24) is 0 Å². The lowest BCUT2D eigenvalue weighted by Gasteiger charge is -2.12. The zero-order valence-corrected chi connectivity index (χ0v) is 8.94. The van der Waals surface area contributed by atoms with Crippen LogP contribution in [0.3, 0.4) is 0 Å². The third kappa shape index (κ3) is 2.97. The summed E-state index contributed by atoms with van der Waals surface area (Å²) >= 11 is 3.09. The summed E-state index contributed by atoms with van der Waals surface area (Å²) in [4.78, 5) is 0. The van der Waals surface area contributed by atoms with Crippen LogP contribution < -0.4 is 11.1 Å². The second-order valence-corrected chi connectivity index (χ2v) is 3.76. The van der Waals surface area contributed by atoms with Crippen molar-refractivity contribution in [3.05, 3.63) is 28.5 Å². The quantitative estimate of drug-likeness (QED) is 0.860. The first-order chi connectivity index (χ1) is 6.13. The molecule has 4 heteroatoms. The van der Waals surface area contributed by atoms with Crippen molar-refractivity contribution in [3.63, 3.8) is 0 Å². The molecule has 0 bridgehead atoms. The monoisotopic (exact) mass is 246 g/mol. The lowest BCUT2D eigenvalue weighted by molar-refractivity contribution is 0.621. The zero-order chi connectivity index (χ0) is 9.84. The zero-order valence-electron chi connectivity index (χ0n) is 7.35. The predicted molar refractivity (Wildman–Crippen MR) is 56.2 cm³/mol. The number of halogens is 2. The van der Waals surface area contributed by atoms with Crippen LogP contribution in [0.15, 0.2) is 22.7 Å². The molecule has 1 aromatic carbocycles. The summed E-state index contributed by atoms with van der Waals surface area (Å²) < 4.78 is 13.5. The highest BCUT2D eigenvalue weighted by Gasteiger charge is 2.02. The number of nitrogens with two attached hydrogens (primary N) is 1. The fraction of sp³-hybridized carbons (Fsp3) is 0.333. The van der Waals surface area contributed by atoms with E-state index in [0.717, 1.165) is 5.69 Å². The molecule has 0 aromatic heterocycles. The van der Waals surface area contributed by atoms with Gasteiger partial charge in [0, 0.05) is 18.3 Å². The van der Waals surface area contributed by atoms with Gasteiger partial charge in [-0.3, -0.25) is 0 Å². The highest BCUT2D eigenvalue weighted by molar-refractivity contribution is 9.10. The number of rotatable bonds is 3. The summed E-state index contributed by atoms with van der Waals surface area (Å²) in [5.74, 6) is -0.269. The van der Waals surface area contributed by atoms with Gasteiger partial charge in [-0.15, -0.1) is 0 Å². The molecule has 1 unspecified atom stereocenters. The average molecular weight is 247 g/mol. The molecule has 0 aliphatic heterocycles. The van der Waals surface area contributed by atoms with Gasteiger partial charge in [-0.05, 0) is 41.1 Å². The largest absolute Gasteiger partial charge is 0.381 e. The van der Waals surface area contributed by atoms with Crippen LogP contribution in [-0.2, 0) is 0 Å². The molecule has 72 valence electrons. The van der Waals surface area contributed by atoms with Crippen LogP contribution in [0, 0.1) is 5.82 Å². The fourth-order valence-corrected chi connectivity index (χ4v) is 1.18. The van der Waals surface area contributed by atoms with Crippen molar-refractivity contribution in [1.29, 1.82) is 0 Å². The van der Waals surface area contributed by atoms with E-state index in [0.29, 0.717) is 11.0 Å². The molecule has 13 heavy (non-hydrogen) atoms. The van der Waals surface area contributed by atoms with Gasteiger partial charge in [0.05, 0.1) is 4.47 Å². The third-order valence-electron chi connectivity index (χ3n) is 1.69. The summed E-state index contributed by atoms with van der Waals surface area (Å²) in [5, 5.41) is 3.07. The summed E-state index contributed by atoms with van der Waals surface area (Å²) in [6, 6.07) is 5.07. The van der Waals surface area contributed by atoms with Crippen LogP contribution in [-0.4, -0.2) is 12.6 Å². The normalized spacial score (nSPS) is 12.6. The standard InChI is InChI=1S/C9H12BrFN2/c1-6(5-12)13-7-2-3-8(10)9(11)4-7/h2-4,6,13H,5,12H2,1H3. The Kier molecular flexibility index (Phi) is 3.69. The fourth-order valence-electron chi connectivity index (χ4n) is 0.929. The Morgan fingerprint density at radius 1 is 1.62 bits per heavy atom. The average Bonchev–Trinajstić information content (AvgIpc) is 2.11. The molecule has 0 saturated carbocycles. The molecule has 1 atom stereocenters. The molecule has 0 heterocycles. The molecule has 1 aromatic rings. The van der Waals surface area contributed by atoms with Crippen LogP contribution in [0.1, 0.15) is 6.92 Å². The number of nitrogens with one attached hydrogen (secondary N) is 1. The number of benzene rings is 1. The van der Waals surface area contributed by atoms with Crippen LogP contribution in [0.25, 0.3) is 0 Å². The molecule has 3 N–H and O–H groups in total. The summed E-state index contributed by atoms with van der Waals surface area (Å²) in [6.45, 7) is 2.47. The maximum absolute atomic E-state index is 13.0. The Hall–Kier alpha value is -0.610. The second kappa shape index (κ2) is 4.58. The summed E-state index contributed by atoms with van der Waals surface area (Å²) in [7, 11) is 0. The Bertz CT molecular complexity index is 291. The minimum atomic E-state index is -0.269. The molecule has 0 aliphatic rings. The van der Waals surface area contributed by atoms with E-state index in [1.54, 1.807) is 12.1 Å². The van der Waals surface area contributed by atoms with Gasteiger partial charge in [-0.1, -0.05) is 0 Å². The van der Waals surface area contributed by atoms with Crippen molar-refractivity contribution in [2.45, 2.75) is 13.0 Å².